The number of benzene rings is 1. The Bertz CT molecular complexity index is 632. The van der Waals surface area contributed by atoms with E-state index in [4.69, 9.17) is 11.6 Å². The molecule has 1 aromatic heterocycles. The van der Waals surface area contributed by atoms with Gasteiger partial charge in [0.05, 0.1) is 16.7 Å². The molecule has 2 aromatic rings. The number of amides is 1. The zero-order chi connectivity index (χ0) is 14.2. The van der Waals surface area contributed by atoms with E-state index in [2.05, 4.69) is 10.3 Å². The molecule has 1 aliphatic carbocycles. The van der Waals surface area contributed by atoms with Crippen molar-refractivity contribution in [2.75, 3.05) is 0 Å². The van der Waals surface area contributed by atoms with Gasteiger partial charge in [0.1, 0.15) is 4.88 Å². The molecule has 1 saturated carbocycles. The fourth-order valence-corrected chi connectivity index (χ4v) is 3.33. The van der Waals surface area contributed by atoms with Crippen LogP contribution in [0.25, 0.3) is 0 Å². The van der Waals surface area contributed by atoms with E-state index in [9.17, 15) is 4.79 Å². The van der Waals surface area contributed by atoms with Crippen LogP contribution in [0.1, 0.15) is 39.5 Å². The lowest BCUT2D eigenvalue weighted by Crippen LogP contribution is -2.50. The normalized spacial score (nSPS) is 16.5. The predicted octanol–water partition coefficient (Wildman–Crippen LogP) is 3.91. The van der Waals surface area contributed by atoms with Crippen molar-refractivity contribution in [1.82, 2.24) is 10.3 Å². The zero-order valence-electron chi connectivity index (χ0n) is 11.1. The Morgan fingerprint density at radius 2 is 2.05 bits per heavy atom. The highest BCUT2D eigenvalue weighted by Gasteiger charge is 2.40. The van der Waals surface area contributed by atoms with Crippen LogP contribution in [0, 0.1) is 6.92 Å². The number of nitrogens with one attached hydrogen (secondary N) is 1. The SMILES string of the molecule is Cc1ncc(C(=O)NC2(c3ccc(Cl)cc3)CCC2)s1. The highest BCUT2D eigenvalue weighted by molar-refractivity contribution is 7.13. The van der Waals surface area contributed by atoms with E-state index < -0.39 is 0 Å². The van der Waals surface area contributed by atoms with E-state index in [1.54, 1.807) is 6.20 Å². The second-order valence-corrected chi connectivity index (χ2v) is 6.81. The minimum absolute atomic E-state index is 0.0368. The van der Waals surface area contributed by atoms with Gasteiger partial charge in [-0.3, -0.25) is 4.79 Å². The molecule has 0 spiro atoms. The molecule has 0 aliphatic heterocycles. The van der Waals surface area contributed by atoms with Crippen LogP contribution >= 0.6 is 22.9 Å². The predicted molar refractivity (Wildman–Crippen MR) is 81.3 cm³/mol. The molecule has 0 bridgehead atoms. The third-order valence-electron chi connectivity index (χ3n) is 3.80. The first-order valence-electron chi connectivity index (χ1n) is 6.60. The minimum Gasteiger partial charge on any atom is -0.342 e. The molecule has 0 radical (unpaired) electrons. The van der Waals surface area contributed by atoms with Crippen LogP contribution in [0.15, 0.2) is 30.5 Å². The van der Waals surface area contributed by atoms with Gasteiger partial charge < -0.3 is 5.32 Å². The highest BCUT2D eigenvalue weighted by atomic mass is 35.5. The molecule has 3 rings (SSSR count). The van der Waals surface area contributed by atoms with Crippen LogP contribution in [0.4, 0.5) is 0 Å². The second-order valence-electron chi connectivity index (χ2n) is 5.14. The molecule has 20 heavy (non-hydrogen) atoms. The molecule has 0 atom stereocenters. The van der Waals surface area contributed by atoms with Crippen LogP contribution in [0.5, 0.6) is 0 Å². The van der Waals surface area contributed by atoms with Crippen molar-refractivity contribution in [3.05, 3.63) is 50.9 Å². The summed E-state index contributed by atoms with van der Waals surface area (Å²) < 4.78 is 0. The van der Waals surface area contributed by atoms with Gasteiger partial charge in [0.15, 0.2) is 0 Å². The first-order chi connectivity index (χ1) is 9.59. The van der Waals surface area contributed by atoms with Crippen molar-refractivity contribution in [2.45, 2.75) is 31.7 Å². The first-order valence-corrected chi connectivity index (χ1v) is 7.79. The molecule has 1 amide bonds. The number of halogens is 1. The Morgan fingerprint density at radius 3 is 2.55 bits per heavy atom. The number of aryl methyl sites for hydroxylation is 1. The summed E-state index contributed by atoms with van der Waals surface area (Å²) in [5.74, 6) is -0.0368. The summed E-state index contributed by atoms with van der Waals surface area (Å²) >= 11 is 7.36. The fourth-order valence-electron chi connectivity index (χ4n) is 2.53. The molecule has 5 heteroatoms. The van der Waals surface area contributed by atoms with Crippen molar-refractivity contribution in [2.24, 2.45) is 0 Å². The van der Waals surface area contributed by atoms with E-state index in [1.165, 1.54) is 11.3 Å². The van der Waals surface area contributed by atoms with E-state index in [-0.39, 0.29) is 11.4 Å². The highest BCUT2D eigenvalue weighted by Crippen LogP contribution is 2.41. The molecule has 1 N–H and O–H groups in total. The molecular formula is C15H15ClN2OS. The molecule has 1 fully saturated rings. The molecular weight excluding hydrogens is 292 g/mol. The summed E-state index contributed by atoms with van der Waals surface area (Å²) in [4.78, 5) is 17.1. The number of nitrogens with zero attached hydrogens (tertiary/aromatic N) is 1. The van der Waals surface area contributed by atoms with E-state index >= 15 is 0 Å². The van der Waals surface area contributed by atoms with Crippen molar-refractivity contribution < 1.29 is 4.79 Å². The van der Waals surface area contributed by atoms with Crippen LogP contribution in [-0.4, -0.2) is 10.9 Å². The largest absolute Gasteiger partial charge is 0.342 e. The maximum absolute atomic E-state index is 12.3. The maximum Gasteiger partial charge on any atom is 0.263 e. The van der Waals surface area contributed by atoms with Crippen molar-refractivity contribution >= 4 is 28.8 Å². The number of hydrogen-bond donors (Lipinski definition) is 1. The average molecular weight is 307 g/mol. The van der Waals surface area contributed by atoms with Crippen molar-refractivity contribution in [3.63, 3.8) is 0 Å². The van der Waals surface area contributed by atoms with Crippen LogP contribution in [-0.2, 0) is 5.54 Å². The van der Waals surface area contributed by atoms with Gasteiger partial charge in [-0.05, 0) is 43.9 Å². The van der Waals surface area contributed by atoms with E-state index in [1.807, 2.05) is 31.2 Å². The summed E-state index contributed by atoms with van der Waals surface area (Å²) in [6.07, 6.45) is 4.71. The lowest BCUT2D eigenvalue weighted by molar-refractivity contribution is 0.0827. The standard InChI is InChI=1S/C15H15ClN2OS/c1-10-17-9-13(20-10)14(19)18-15(7-2-8-15)11-3-5-12(16)6-4-11/h3-6,9H,2,7-8H2,1H3,(H,18,19). The summed E-state index contributed by atoms with van der Waals surface area (Å²) in [7, 11) is 0. The number of carbonyl (C=O) groups is 1. The molecule has 0 unspecified atom stereocenters. The van der Waals surface area contributed by atoms with Gasteiger partial charge in [-0.1, -0.05) is 23.7 Å². The van der Waals surface area contributed by atoms with Gasteiger partial charge in [-0.25, -0.2) is 4.98 Å². The first kappa shape index (κ1) is 13.6. The van der Waals surface area contributed by atoms with Gasteiger partial charge in [-0.15, -0.1) is 11.3 Å². The molecule has 1 aliphatic rings. The Labute approximate surface area is 127 Å². The smallest absolute Gasteiger partial charge is 0.263 e. The summed E-state index contributed by atoms with van der Waals surface area (Å²) in [6, 6.07) is 7.75. The molecule has 1 aromatic carbocycles. The third kappa shape index (κ3) is 2.45. The van der Waals surface area contributed by atoms with Crippen molar-refractivity contribution in [3.8, 4) is 0 Å². The fraction of sp³-hybridized carbons (Fsp3) is 0.333. The lowest BCUT2D eigenvalue weighted by atomic mass is 9.72. The Morgan fingerprint density at radius 1 is 1.35 bits per heavy atom. The summed E-state index contributed by atoms with van der Waals surface area (Å²) in [5, 5.41) is 4.81. The zero-order valence-corrected chi connectivity index (χ0v) is 12.7. The van der Waals surface area contributed by atoms with Crippen LogP contribution in [0.2, 0.25) is 5.02 Å². The number of aromatic nitrogens is 1. The van der Waals surface area contributed by atoms with E-state index in [0.29, 0.717) is 9.90 Å². The van der Waals surface area contributed by atoms with Crippen LogP contribution < -0.4 is 5.32 Å². The average Bonchev–Trinajstić information content (AvgIpc) is 2.82. The monoisotopic (exact) mass is 306 g/mol. The lowest BCUT2D eigenvalue weighted by Gasteiger charge is -2.43. The summed E-state index contributed by atoms with van der Waals surface area (Å²) in [6.45, 7) is 1.90. The Hall–Kier alpha value is -1.39. The number of carbonyl (C=O) groups excluding carboxylic acids is 1. The minimum atomic E-state index is -0.237. The molecule has 1 heterocycles. The van der Waals surface area contributed by atoms with Crippen molar-refractivity contribution in [1.29, 1.82) is 0 Å². The van der Waals surface area contributed by atoms with Gasteiger partial charge in [0.2, 0.25) is 0 Å². The molecule has 0 saturated heterocycles. The van der Waals surface area contributed by atoms with Gasteiger partial charge in [0, 0.05) is 5.02 Å². The topological polar surface area (TPSA) is 42.0 Å². The third-order valence-corrected chi connectivity index (χ3v) is 4.97. The number of hydrogen-bond acceptors (Lipinski definition) is 3. The van der Waals surface area contributed by atoms with Gasteiger partial charge >= 0.3 is 0 Å². The molecule has 104 valence electrons. The second kappa shape index (κ2) is 5.19. The summed E-state index contributed by atoms with van der Waals surface area (Å²) in [5.41, 5.74) is 0.891. The van der Waals surface area contributed by atoms with Crippen LogP contribution in [0.3, 0.4) is 0 Å². The quantitative estimate of drug-likeness (QED) is 0.934. The molecule has 3 nitrogen and oxygen atoms in total. The maximum atomic E-state index is 12.3. The van der Waals surface area contributed by atoms with Gasteiger partial charge in [0.25, 0.3) is 5.91 Å². The Kier molecular flexibility index (Phi) is 3.52. The number of rotatable bonds is 3. The number of thiazole rings is 1. The van der Waals surface area contributed by atoms with E-state index in [0.717, 1.165) is 29.8 Å². The van der Waals surface area contributed by atoms with Gasteiger partial charge in [-0.2, -0.15) is 0 Å². The Balaban J connectivity index is 1.83.